The third-order valence-corrected chi connectivity index (χ3v) is 5.52. The summed E-state index contributed by atoms with van der Waals surface area (Å²) >= 11 is 1.41. The van der Waals surface area contributed by atoms with Gasteiger partial charge in [-0.25, -0.2) is 0 Å². The maximum absolute atomic E-state index is 12.5. The number of nitrogens with one attached hydrogen (secondary N) is 1. The second kappa shape index (κ2) is 8.61. The summed E-state index contributed by atoms with van der Waals surface area (Å²) < 4.78 is 0. The summed E-state index contributed by atoms with van der Waals surface area (Å²) in [6, 6.07) is 8.33. The van der Waals surface area contributed by atoms with Crippen molar-refractivity contribution in [2.45, 2.75) is 40.0 Å². The number of aryl methyl sites for hydroxylation is 1. The van der Waals surface area contributed by atoms with Crippen LogP contribution in [0.2, 0.25) is 0 Å². The Balaban J connectivity index is 1.51. The number of amides is 2. The van der Waals surface area contributed by atoms with Crippen LogP contribution in [0.5, 0.6) is 0 Å². The first-order valence-electron chi connectivity index (χ1n) is 9.37. The Morgan fingerprint density at radius 3 is 2.74 bits per heavy atom. The summed E-state index contributed by atoms with van der Waals surface area (Å²) in [6.45, 7) is 7.40. The Kier molecular flexibility index (Phi) is 6.21. The minimum Gasteiger partial charge on any atom is -0.342 e. The summed E-state index contributed by atoms with van der Waals surface area (Å²) in [6.07, 6.45) is 1.91. The standard InChI is InChI=1S/C20H26N4O2S/c1-13(2)10-17-22-23-20(27-17)21-19(26)16-11-18(25)24(12-16)9-8-15-6-4-14(3)5-7-15/h4-7,13,16H,8-12H2,1-3H3,(H,21,23,26). The normalized spacial score (nSPS) is 17.0. The highest BCUT2D eigenvalue weighted by Crippen LogP contribution is 2.23. The molecule has 0 bridgehead atoms. The number of anilines is 1. The molecule has 1 saturated heterocycles. The van der Waals surface area contributed by atoms with E-state index in [2.05, 4.69) is 60.6 Å². The lowest BCUT2D eigenvalue weighted by Crippen LogP contribution is -2.30. The van der Waals surface area contributed by atoms with Crippen LogP contribution in [0.15, 0.2) is 24.3 Å². The van der Waals surface area contributed by atoms with Crippen molar-refractivity contribution in [2.24, 2.45) is 11.8 Å². The number of hydrogen-bond donors (Lipinski definition) is 1. The molecule has 1 aromatic carbocycles. The first kappa shape index (κ1) is 19.5. The van der Waals surface area contributed by atoms with Crippen LogP contribution < -0.4 is 5.32 Å². The van der Waals surface area contributed by atoms with Crippen molar-refractivity contribution in [3.8, 4) is 0 Å². The summed E-state index contributed by atoms with van der Waals surface area (Å²) in [5.74, 6) is 0.0671. The second-order valence-corrected chi connectivity index (χ2v) is 8.63. The van der Waals surface area contributed by atoms with E-state index in [9.17, 15) is 9.59 Å². The van der Waals surface area contributed by atoms with Gasteiger partial charge in [0.25, 0.3) is 0 Å². The summed E-state index contributed by atoms with van der Waals surface area (Å²) in [7, 11) is 0. The van der Waals surface area contributed by atoms with E-state index in [1.807, 2.05) is 0 Å². The van der Waals surface area contributed by atoms with Gasteiger partial charge in [-0.15, -0.1) is 10.2 Å². The van der Waals surface area contributed by atoms with Crippen LogP contribution in [0.3, 0.4) is 0 Å². The van der Waals surface area contributed by atoms with E-state index in [1.165, 1.54) is 22.5 Å². The molecule has 2 heterocycles. The molecule has 1 fully saturated rings. The van der Waals surface area contributed by atoms with Crippen molar-refractivity contribution in [3.63, 3.8) is 0 Å². The molecule has 1 unspecified atom stereocenters. The second-order valence-electron chi connectivity index (χ2n) is 7.56. The number of benzene rings is 1. The first-order valence-corrected chi connectivity index (χ1v) is 10.2. The molecule has 0 saturated carbocycles. The first-order chi connectivity index (χ1) is 12.9. The number of aromatic nitrogens is 2. The lowest BCUT2D eigenvalue weighted by atomic mass is 10.1. The predicted octanol–water partition coefficient (Wildman–Crippen LogP) is 3.07. The van der Waals surface area contributed by atoms with Gasteiger partial charge < -0.3 is 10.2 Å². The Morgan fingerprint density at radius 1 is 1.30 bits per heavy atom. The quantitative estimate of drug-likeness (QED) is 0.793. The zero-order valence-corrected chi connectivity index (χ0v) is 16.9. The smallest absolute Gasteiger partial charge is 0.231 e. The average molecular weight is 387 g/mol. The molecular formula is C20H26N4O2S. The molecule has 2 amide bonds. The van der Waals surface area contributed by atoms with Crippen molar-refractivity contribution in [1.29, 1.82) is 0 Å². The molecule has 7 heteroatoms. The van der Waals surface area contributed by atoms with Gasteiger partial charge in [0.1, 0.15) is 5.01 Å². The maximum atomic E-state index is 12.5. The molecule has 2 aromatic rings. The average Bonchev–Trinajstić information content (AvgIpc) is 3.20. The molecule has 0 spiro atoms. The zero-order valence-electron chi connectivity index (χ0n) is 16.1. The fourth-order valence-corrected chi connectivity index (χ4v) is 4.08. The molecule has 1 aromatic heterocycles. The lowest BCUT2D eigenvalue weighted by molar-refractivity contribution is -0.128. The highest BCUT2D eigenvalue weighted by atomic mass is 32.1. The van der Waals surface area contributed by atoms with Gasteiger partial charge in [0.2, 0.25) is 16.9 Å². The molecule has 27 heavy (non-hydrogen) atoms. The van der Waals surface area contributed by atoms with Crippen molar-refractivity contribution in [1.82, 2.24) is 15.1 Å². The molecule has 1 aliphatic rings. The van der Waals surface area contributed by atoms with Crippen molar-refractivity contribution >= 4 is 28.3 Å². The van der Waals surface area contributed by atoms with E-state index < -0.39 is 0 Å². The highest BCUT2D eigenvalue weighted by molar-refractivity contribution is 7.15. The lowest BCUT2D eigenvalue weighted by Gasteiger charge is -2.16. The molecule has 1 aliphatic heterocycles. The van der Waals surface area contributed by atoms with Crippen LogP contribution in [0, 0.1) is 18.8 Å². The third-order valence-electron chi connectivity index (χ3n) is 4.66. The van der Waals surface area contributed by atoms with E-state index >= 15 is 0 Å². The van der Waals surface area contributed by atoms with Gasteiger partial charge in [0, 0.05) is 25.9 Å². The van der Waals surface area contributed by atoms with Gasteiger partial charge in [-0.3, -0.25) is 9.59 Å². The minimum atomic E-state index is -0.326. The Labute approximate surface area is 164 Å². The predicted molar refractivity (Wildman–Crippen MR) is 107 cm³/mol. The number of rotatable bonds is 7. The maximum Gasteiger partial charge on any atom is 0.231 e. The van der Waals surface area contributed by atoms with E-state index in [-0.39, 0.29) is 24.2 Å². The fraction of sp³-hybridized carbons (Fsp3) is 0.500. The topological polar surface area (TPSA) is 75.2 Å². The number of likely N-dealkylation sites (tertiary alicyclic amines) is 1. The minimum absolute atomic E-state index is 0.0417. The van der Waals surface area contributed by atoms with Crippen LogP contribution >= 0.6 is 11.3 Å². The molecule has 1 atom stereocenters. The molecular weight excluding hydrogens is 360 g/mol. The van der Waals surface area contributed by atoms with Crippen LogP contribution in [0.25, 0.3) is 0 Å². The number of nitrogens with zero attached hydrogens (tertiary/aromatic N) is 3. The Morgan fingerprint density at radius 2 is 2.04 bits per heavy atom. The Bertz CT molecular complexity index is 801. The van der Waals surface area contributed by atoms with Crippen molar-refractivity contribution in [2.75, 3.05) is 18.4 Å². The van der Waals surface area contributed by atoms with E-state index in [0.29, 0.717) is 24.1 Å². The molecule has 0 aliphatic carbocycles. The SMILES string of the molecule is Cc1ccc(CCN2CC(C(=O)Nc3nnc(CC(C)C)s3)CC2=O)cc1. The van der Waals surface area contributed by atoms with E-state index in [0.717, 1.165) is 17.8 Å². The third kappa shape index (κ3) is 5.35. The van der Waals surface area contributed by atoms with Gasteiger partial charge in [-0.05, 0) is 24.8 Å². The number of carbonyl (C=O) groups is 2. The van der Waals surface area contributed by atoms with Crippen molar-refractivity contribution < 1.29 is 9.59 Å². The van der Waals surface area contributed by atoms with Crippen LogP contribution in [-0.4, -0.2) is 40.0 Å². The molecule has 6 nitrogen and oxygen atoms in total. The summed E-state index contributed by atoms with van der Waals surface area (Å²) in [5, 5.41) is 12.4. The number of hydrogen-bond acceptors (Lipinski definition) is 5. The summed E-state index contributed by atoms with van der Waals surface area (Å²) in [5.41, 5.74) is 2.42. The monoisotopic (exact) mass is 386 g/mol. The fourth-order valence-electron chi connectivity index (χ4n) is 3.13. The van der Waals surface area contributed by atoms with Gasteiger partial charge in [-0.1, -0.05) is 55.0 Å². The van der Waals surface area contributed by atoms with Gasteiger partial charge >= 0.3 is 0 Å². The summed E-state index contributed by atoms with van der Waals surface area (Å²) in [4.78, 5) is 26.5. The van der Waals surface area contributed by atoms with E-state index in [4.69, 9.17) is 0 Å². The van der Waals surface area contributed by atoms with Crippen LogP contribution in [0.4, 0.5) is 5.13 Å². The molecule has 144 valence electrons. The van der Waals surface area contributed by atoms with Gasteiger partial charge in [0.15, 0.2) is 0 Å². The highest BCUT2D eigenvalue weighted by Gasteiger charge is 2.34. The van der Waals surface area contributed by atoms with Crippen molar-refractivity contribution in [3.05, 3.63) is 40.4 Å². The van der Waals surface area contributed by atoms with Gasteiger partial charge in [0.05, 0.1) is 5.92 Å². The Hall–Kier alpha value is -2.28. The molecule has 3 rings (SSSR count). The molecule has 1 N–H and O–H groups in total. The largest absolute Gasteiger partial charge is 0.342 e. The zero-order chi connectivity index (χ0) is 19.4. The van der Waals surface area contributed by atoms with Crippen LogP contribution in [0.1, 0.15) is 36.4 Å². The van der Waals surface area contributed by atoms with Gasteiger partial charge in [-0.2, -0.15) is 0 Å². The number of carbonyl (C=O) groups excluding carboxylic acids is 2. The molecule has 0 radical (unpaired) electrons. The van der Waals surface area contributed by atoms with Crippen LogP contribution in [-0.2, 0) is 22.4 Å². The van der Waals surface area contributed by atoms with E-state index in [1.54, 1.807) is 4.90 Å².